The van der Waals surface area contributed by atoms with Crippen LogP contribution in [0, 0.1) is 17.6 Å². The van der Waals surface area contributed by atoms with Gasteiger partial charge in [-0.15, -0.1) is 0 Å². The quantitative estimate of drug-likeness (QED) is 0.388. The smallest absolute Gasteiger partial charge is 0.283 e. The summed E-state index contributed by atoms with van der Waals surface area (Å²) in [4.78, 5) is 28.4. The number of hydrogen-bond donors (Lipinski definition) is 2. The maximum absolute atomic E-state index is 15.4. The first-order valence-electron chi connectivity index (χ1n) is 11.4. The van der Waals surface area contributed by atoms with Crippen molar-refractivity contribution >= 4 is 17.6 Å². The van der Waals surface area contributed by atoms with Gasteiger partial charge in [-0.05, 0) is 42.5 Å². The first-order valence-corrected chi connectivity index (χ1v) is 11.4. The second kappa shape index (κ2) is 8.83. The van der Waals surface area contributed by atoms with Crippen molar-refractivity contribution in [3.8, 4) is 22.8 Å². The minimum absolute atomic E-state index is 0.00668. The van der Waals surface area contributed by atoms with Gasteiger partial charge in [0.15, 0.2) is 11.4 Å². The van der Waals surface area contributed by atoms with E-state index >= 15 is 4.39 Å². The zero-order chi connectivity index (χ0) is 26.4. The Morgan fingerprint density at radius 3 is 2.63 bits per heavy atom. The second-order valence-electron chi connectivity index (χ2n) is 8.59. The van der Waals surface area contributed by atoms with Gasteiger partial charge in [0, 0.05) is 41.5 Å². The van der Waals surface area contributed by atoms with E-state index in [0.717, 1.165) is 18.5 Å². The lowest BCUT2D eigenvalue weighted by atomic mass is 9.79. The highest BCUT2D eigenvalue weighted by atomic mass is 19.1. The van der Waals surface area contributed by atoms with Gasteiger partial charge in [0.1, 0.15) is 23.1 Å². The molecule has 12 heteroatoms. The summed E-state index contributed by atoms with van der Waals surface area (Å²) >= 11 is 0. The summed E-state index contributed by atoms with van der Waals surface area (Å²) < 4.78 is 54.4. The fourth-order valence-electron chi connectivity index (χ4n) is 4.54. The average Bonchev–Trinajstić information content (AvgIpc) is 2.90. The lowest BCUT2D eigenvalue weighted by Crippen LogP contribution is -2.42. The number of rotatable bonds is 3. The normalized spacial score (nSPS) is 17.5. The van der Waals surface area contributed by atoms with Gasteiger partial charge in [0.25, 0.3) is 17.9 Å². The molecule has 3 aromatic heterocycles. The number of aliphatic imine (C=N–C) groups is 1. The first kappa shape index (κ1) is 23.4. The number of carbonyl (C=O) groups excluding carboxylic acids is 1. The molecular weight excluding hydrogens is 501 g/mol. The van der Waals surface area contributed by atoms with Crippen molar-refractivity contribution < 1.29 is 27.4 Å². The molecule has 1 amide bonds. The Balaban J connectivity index is 1.46. The van der Waals surface area contributed by atoms with Gasteiger partial charge < -0.3 is 20.5 Å². The minimum atomic E-state index is -1.36. The van der Waals surface area contributed by atoms with E-state index in [4.69, 9.17) is 15.2 Å². The van der Waals surface area contributed by atoms with Crippen LogP contribution >= 0.6 is 0 Å². The van der Waals surface area contributed by atoms with Crippen molar-refractivity contribution in [3.05, 3.63) is 95.5 Å². The molecule has 9 nitrogen and oxygen atoms in total. The lowest BCUT2D eigenvalue weighted by Gasteiger charge is -2.41. The Morgan fingerprint density at radius 1 is 1.00 bits per heavy atom. The van der Waals surface area contributed by atoms with Crippen molar-refractivity contribution in [1.82, 2.24) is 15.0 Å². The molecule has 38 heavy (non-hydrogen) atoms. The maximum Gasteiger partial charge on any atom is 0.283 e. The third kappa shape index (κ3) is 3.95. The molecule has 1 aromatic carbocycles. The van der Waals surface area contributed by atoms with Crippen LogP contribution in [0.5, 0.6) is 11.5 Å². The van der Waals surface area contributed by atoms with E-state index in [2.05, 4.69) is 25.3 Å². The molecule has 0 radical (unpaired) electrons. The number of nitrogens with one attached hydrogen (secondary N) is 1. The molecule has 3 N–H and O–H groups in total. The summed E-state index contributed by atoms with van der Waals surface area (Å²) in [6, 6.07) is 9.68. The van der Waals surface area contributed by atoms with Crippen molar-refractivity contribution in [1.29, 1.82) is 0 Å². The average molecular weight is 518 g/mol. The van der Waals surface area contributed by atoms with Crippen LogP contribution in [-0.4, -0.2) is 33.4 Å². The summed E-state index contributed by atoms with van der Waals surface area (Å²) in [5.41, 5.74) is 6.04. The first-order chi connectivity index (χ1) is 18.3. The van der Waals surface area contributed by atoms with E-state index in [9.17, 15) is 13.6 Å². The summed E-state index contributed by atoms with van der Waals surface area (Å²) in [5.74, 6) is -2.61. The number of halogens is 3. The molecule has 0 aliphatic carbocycles. The molecule has 0 bridgehead atoms. The Bertz CT molecular complexity index is 1630. The van der Waals surface area contributed by atoms with E-state index in [-0.39, 0.29) is 53.0 Å². The largest absolute Gasteiger partial charge is 0.452 e. The van der Waals surface area contributed by atoms with Crippen LogP contribution in [0.15, 0.2) is 66.0 Å². The summed E-state index contributed by atoms with van der Waals surface area (Å²) in [5, 5.41) is 2.71. The number of nitrogens with zero attached hydrogens (tertiary/aromatic N) is 4. The molecular formula is C26H17F3N6O3. The Labute approximate surface area is 213 Å². The van der Waals surface area contributed by atoms with Gasteiger partial charge in [0.05, 0.1) is 18.1 Å². The Morgan fingerprint density at radius 2 is 1.87 bits per heavy atom. The molecule has 0 unspecified atom stereocenters. The number of anilines is 1. The zero-order valence-corrected chi connectivity index (χ0v) is 19.4. The molecule has 5 heterocycles. The number of amidine groups is 1. The monoisotopic (exact) mass is 518 g/mol. The fraction of sp³-hybridized carbons (Fsp3) is 0.115. The van der Waals surface area contributed by atoms with Gasteiger partial charge in [-0.1, -0.05) is 0 Å². The molecule has 0 saturated carbocycles. The van der Waals surface area contributed by atoms with Crippen LogP contribution in [0.2, 0.25) is 0 Å². The fourth-order valence-corrected chi connectivity index (χ4v) is 4.54. The van der Waals surface area contributed by atoms with Crippen LogP contribution in [-0.2, 0) is 10.3 Å². The van der Waals surface area contributed by atoms with Gasteiger partial charge in [-0.3, -0.25) is 9.78 Å². The van der Waals surface area contributed by atoms with Crippen molar-refractivity contribution in [3.63, 3.8) is 0 Å². The predicted molar refractivity (Wildman–Crippen MR) is 129 cm³/mol. The van der Waals surface area contributed by atoms with Gasteiger partial charge >= 0.3 is 0 Å². The topological polar surface area (TPSA) is 125 Å². The molecule has 2 aliphatic rings. The molecule has 6 rings (SSSR count). The third-order valence-electron chi connectivity index (χ3n) is 6.22. The number of nitrogens with two attached hydrogens (primary N) is 1. The Kier molecular flexibility index (Phi) is 5.44. The maximum atomic E-state index is 15.4. The second-order valence-corrected chi connectivity index (χ2v) is 8.59. The van der Waals surface area contributed by atoms with Crippen LogP contribution in [0.4, 0.5) is 18.9 Å². The van der Waals surface area contributed by atoms with Gasteiger partial charge in [0.2, 0.25) is 0 Å². The summed E-state index contributed by atoms with van der Waals surface area (Å²) in [6.07, 6.45) is 3.57. The third-order valence-corrected chi connectivity index (χ3v) is 6.22. The number of fused-ring (bicyclic) bond motifs is 4. The molecule has 1 spiro atoms. The molecule has 2 aliphatic heterocycles. The predicted octanol–water partition coefficient (Wildman–Crippen LogP) is 4.29. The highest BCUT2D eigenvalue weighted by molar-refractivity contribution is 6.03. The highest BCUT2D eigenvalue weighted by Crippen LogP contribution is 2.53. The number of benzene rings is 1. The molecule has 0 saturated heterocycles. The van der Waals surface area contributed by atoms with Crippen LogP contribution in [0.25, 0.3) is 11.3 Å². The molecule has 0 fully saturated rings. The van der Waals surface area contributed by atoms with E-state index in [1.165, 1.54) is 24.4 Å². The number of aromatic nitrogens is 3. The number of pyridine rings is 3. The van der Waals surface area contributed by atoms with Crippen LogP contribution in [0.1, 0.15) is 28.0 Å². The number of amides is 1. The number of carbonyl (C=O) groups is 1. The summed E-state index contributed by atoms with van der Waals surface area (Å²) in [7, 11) is 0. The zero-order valence-electron chi connectivity index (χ0n) is 19.4. The van der Waals surface area contributed by atoms with Crippen LogP contribution in [0.3, 0.4) is 0 Å². The van der Waals surface area contributed by atoms with Crippen molar-refractivity contribution in [2.75, 3.05) is 11.9 Å². The molecule has 1 atom stereocenters. The van der Waals surface area contributed by atoms with E-state index in [1.54, 1.807) is 18.2 Å². The standard InChI is InChI=1S/C26H17F3N6O3/c27-14-1-3-19(33-12-14)24(36)34-16-2-4-21-17(8-16)26(5-6-32-25(30)38-26)18-9-20(35-23(29)22(18)37-21)13-7-15(28)11-31-10-13/h1-4,7-12H,5-6H2,(H2,30,32)(H,34,36)/t26-/m0/s1. The molecule has 4 aromatic rings. The SMILES string of the molecule is NC1=NCC[C@]2(O1)c1cc(NC(=O)c3ccc(F)cn3)ccc1Oc1c2cc(-c2cncc(F)c2)nc1F. The van der Waals surface area contributed by atoms with Crippen molar-refractivity contribution in [2.24, 2.45) is 10.7 Å². The van der Waals surface area contributed by atoms with Gasteiger partial charge in [-0.2, -0.15) is 4.39 Å². The number of hydrogen-bond acceptors (Lipinski definition) is 8. The van der Waals surface area contributed by atoms with E-state index < -0.39 is 29.1 Å². The van der Waals surface area contributed by atoms with Crippen molar-refractivity contribution in [2.45, 2.75) is 12.0 Å². The Hall–Kier alpha value is -5.00. The van der Waals surface area contributed by atoms with Gasteiger partial charge in [-0.25, -0.2) is 23.7 Å². The van der Waals surface area contributed by atoms with E-state index in [0.29, 0.717) is 11.3 Å². The highest BCUT2D eigenvalue weighted by Gasteiger charge is 2.48. The lowest BCUT2D eigenvalue weighted by molar-refractivity contribution is 0.0624. The molecule has 190 valence electrons. The van der Waals surface area contributed by atoms with E-state index in [1.807, 2.05) is 0 Å². The number of ether oxygens (including phenoxy) is 2. The van der Waals surface area contributed by atoms with Crippen LogP contribution < -0.4 is 15.8 Å². The minimum Gasteiger partial charge on any atom is -0.452 e. The summed E-state index contributed by atoms with van der Waals surface area (Å²) in [6.45, 7) is 0.252.